The maximum atomic E-state index is 10.8. The van der Waals surface area contributed by atoms with Gasteiger partial charge in [-0.25, -0.2) is 9.78 Å². The van der Waals surface area contributed by atoms with E-state index in [0.717, 1.165) is 16.8 Å². The Bertz CT molecular complexity index is 793. The van der Waals surface area contributed by atoms with Crippen molar-refractivity contribution in [3.8, 4) is 5.75 Å². The number of hydrogen-bond acceptors (Lipinski definition) is 5. The van der Waals surface area contributed by atoms with Crippen molar-refractivity contribution >= 4 is 28.8 Å². The lowest BCUT2D eigenvalue weighted by atomic mass is 10.3. The van der Waals surface area contributed by atoms with E-state index < -0.39 is 5.97 Å². The molecule has 2 heterocycles. The molecule has 0 aliphatic carbocycles. The lowest BCUT2D eigenvalue weighted by Gasteiger charge is -2.00. The molecule has 7 heteroatoms. The first kappa shape index (κ1) is 13.6. The molecule has 1 aromatic carbocycles. The van der Waals surface area contributed by atoms with Crippen LogP contribution in [0.3, 0.4) is 0 Å². The van der Waals surface area contributed by atoms with Gasteiger partial charge in [0.25, 0.3) is 0 Å². The van der Waals surface area contributed by atoms with Gasteiger partial charge in [0.2, 0.25) is 5.76 Å². The normalized spacial score (nSPS) is 10.9. The van der Waals surface area contributed by atoms with Crippen LogP contribution in [0.4, 0.5) is 0 Å². The number of nitrogens with one attached hydrogen (secondary N) is 1. The van der Waals surface area contributed by atoms with E-state index in [-0.39, 0.29) is 5.76 Å². The Morgan fingerprint density at radius 3 is 3.00 bits per heavy atom. The van der Waals surface area contributed by atoms with E-state index in [1.54, 1.807) is 6.07 Å². The number of benzene rings is 1. The average molecular weight is 304 g/mol. The van der Waals surface area contributed by atoms with Gasteiger partial charge >= 0.3 is 5.97 Å². The zero-order valence-electron chi connectivity index (χ0n) is 11.1. The molecule has 0 fully saturated rings. The van der Waals surface area contributed by atoms with Crippen LogP contribution in [0.2, 0.25) is 0 Å². The van der Waals surface area contributed by atoms with Gasteiger partial charge in [0.15, 0.2) is 10.2 Å². The van der Waals surface area contributed by atoms with Crippen molar-refractivity contribution in [1.82, 2.24) is 9.97 Å². The average Bonchev–Trinajstić information content (AvgIpc) is 3.05. The molecule has 108 valence electrons. The summed E-state index contributed by atoms with van der Waals surface area (Å²) in [4.78, 5) is 18.3. The number of carboxylic acid groups (broad SMARTS) is 1. The number of aromatic amines is 1. The summed E-state index contributed by atoms with van der Waals surface area (Å²) >= 11 is 1.23. The highest BCUT2D eigenvalue weighted by atomic mass is 32.2. The van der Waals surface area contributed by atoms with Crippen LogP contribution < -0.4 is 4.74 Å². The molecule has 0 radical (unpaired) electrons. The topological polar surface area (TPSA) is 88.3 Å². The Balaban J connectivity index is 1.84. The van der Waals surface area contributed by atoms with Crippen LogP contribution >= 0.6 is 11.8 Å². The molecule has 0 spiro atoms. The Hall–Kier alpha value is -2.41. The fourth-order valence-corrected chi connectivity index (χ4v) is 2.62. The van der Waals surface area contributed by atoms with Crippen LogP contribution in [-0.2, 0) is 0 Å². The largest absolute Gasteiger partial charge is 0.494 e. The maximum Gasteiger partial charge on any atom is 0.371 e. The van der Waals surface area contributed by atoms with Gasteiger partial charge in [-0.1, -0.05) is 0 Å². The summed E-state index contributed by atoms with van der Waals surface area (Å²) < 4.78 is 10.6. The molecule has 0 atom stereocenters. The van der Waals surface area contributed by atoms with Crippen molar-refractivity contribution in [2.24, 2.45) is 0 Å². The minimum Gasteiger partial charge on any atom is -0.494 e. The number of furan rings is 1. The van der Waals surface area contributed by atoms with Gasteiger partial charge in [-0.3, -0.25) is 0 Å². The first-order valence-electron chi connectivity index (χ1n) is 6.29. The number of fused-ring (bicyclic) bond motifs is 1. The zero-order chi connectivity index (χ0) is 14.8. The van der Waals surface area contributed by atoms with Gasteiger partial charge in [0.1, 0.15) is 5.75 Å². The molecule has 0 aliphatic heterocycles. The van der Waals surface area contributed by atoms with Crippen LogP contribution in [0.25, 0.3) is 11.0 Å². The Morgan fingerprint density at radius 1 is 1.43 bits per heavy atom. The number of H-pyrrole nitrogens is 1. The number of carboxylic acids is 1. The highest BCUT2D eigenvalue weighted by Gasteiger charge is 2.12. The van der Waals surface area contributed by atoms with E-state index >= 15 is 0 Å². The van der Waals surface area contributed by atoms with Gasteiger partial charge in [0, 0.05) is 6.07 Å². The fourth-order valence-electron chi connectivity index (χ4n) is 1.86. The number of ether oxygens (including phenoxy) is 1. The first-order valence-corrected chi connectivity index (χ1v) is 7.11. The SMILES string of the molecule is CCOc1ccc2nc(Sc3ccc(C(=O)O)o3)[nH]c2c1. The third-order valence-electron chi connectivity index (χ3n) is 2.73. The summed E-state index contributed by atoms with van der Waals surface area (Å²) in [6, 6.07) is 8.62. The molecular formula is C14H12N2O4S. The van der Waals surface area contributed by atoms with Crippen LogP contribution in [0.15, 0.2) is 45.0 Å². The molecule has 0 saturated heterocycles. The number of aromatic nitrogens is 2. The summed E-state index contributed by atoms with van der Waals surface area (Å²) in [7, 11) is 0. The third kappa shape index (κ3) is 2.87. The molecule has 0 saturated carbocycles. The molecule has 6 nitrogen and oxygen atoms in total. The van der Waals surface area contributed by atoms with Gasteiger partial charge in [-0.2, -0.15) is 0 Å². The van der Waals surface area contributed by atoms with E-state index in [1.165, 1.54) is 17.8 Å². The number of imidazole rings is 1. The number of aromatic carboxylic acids is 1. The van der Waals surface area contributed by atoms with Crippen molar-refractivity contribution in [1.29, 1.82) is 0 Å². The third-order valence-corrected chi connectivity index (χ3v) is 3.54. The highest BCUT2D eigenvalue weighted by Crippen LogP contribution is 2.29. The smallest absolute Gasteiger partial charge is 0.371 e. The van der Waals surface area contributed by atoms with E-state index in [0.29, 0.717) is 16.9 Å². The second-order valence-electron chi connectivity index (χ2n) is 4.18. The Labute approximate surface area is 124 Å². The van der Waals surface area contributed by atoms with Gasteiger partial charge in [-0.05, 0) is 43.0 Å². The summed E-state index contributed by atoms with van der Waals surface area (Å²) in [5.41, 5.74) is 1.67. The van der Waals surface area contributed by atoms with Crippen LogP contribution in [-0.4, -0.2) is 27.7 Å². The molecular weight excluding hydrogens is 292 g/mol. The van der Waals surface area contributed by atoms with Crippen LogP contribution in [0, 0.1) is 0 Å². The van der Waals surface area contributed by atoms with E-state index in [4.69, 9.17) is 14.3 Å². The van der Waals surface area contributed by atoms with Gasteiger partial charge in [-0.15, -0.1) is 0 Å². The van der Waals surface area contributed by atoms with Gasteiger partial charge in [0.05, 0.1) is 17.6 Å². The summed E-state index contributed by atoms with van der Waals surface area (Å²) in [5.74, 6) is -0.406. The second-order valence-corrected chi connectivity index (χ2v) is 5.17. The zero-order valence-corrected chi connectivity index (χ0v) is 11.9. The van der Waals surface area contributed by atoms with E-state index in [9.17, 15) is 4.79 Å². The molecule has 21 heavy (non-hydrogen) atoms. The monoisotopic (exact) mass is 304 g/mol. The maximum absolute atomic E-state index is 10.8. The van der Waals surface area contributed by atoms with Crippen molar-refractivity contribution < 1.29 is 19.1 Å². The lowest BCUT2D eigenvalue weighted by Crippen LogP contribution is -1.91. The van der Waals surface area contributed by atoms with Gasteiger partial charge < -0.3 is 19.2 Å². The first-order chi connectivity index (χ1) is 10.2. The standard InChI is InChI=1S/C14H12N2O4S/c1-2-19-8-3-4-9-10(7-8)16-14(15-9)21-12-6-5-11(20-12)13(17)18/h3-7H,2H2,1H3,(H,15,16)(H,17,18). The minimum atomic E-state index is -1.09. The van der Waals surface area contributed by atoms with Crippen molar-refractivity contribution in [2.75, 3.05) is 6.61 Å². The summed E-state index contributed by atoms with van der Waals surface area (Å²) in [6.45, 7) is 2.53. The number of nitrogens with zero attached hydrogens (tertiary/aromatic N) is 1. The quantitative estimate of drug-likeness (QED) is 0.751. The fraction of sp³-hybridized carbons (Fsp3) is 0.143. The highest BCUT2D eigenvalue weighted by molar-refractivity contribution is 7.99. The molecule has 2 aromatic heterocycles. The van der Waals surface area contributed by atoms with Crippen molar-refractivity contribution in [3.63, 3.8) is 0 Å². The summed E-state index contributed by atoms with van der Waals surface area (Å²) in [6.07, 6.45) is 0. The molecule has 0 amide bonds. The minimum absolute atomic E-state index is 0.0905. The predicted octanol–water partition coefficient (Wildman–Crippen LogP) is 3.40. The number of rotatable bonds is 5. The predicted molar refractivity (Wildman–Crippen MR) is 77.1 cm³/mol. The molecule has 0 bridgehead atoms. The molecule has 2 N–H and O–H groups in total. The molecule has 3 aromatic rings. The number of carbonyl (C=O) groups is 1. The summed E-state index contributed by atoms with van der Waals surface area (Å²) in [5, 5.41) is 9.92. The van der Waals surface area contributed by atoms with E-state index in [2.05, 4.69) is 9.97 Å². The van der Waals surface area contributed by atoms with Crippen LogP contribution in [0.5, 0.6) is 5.75 Å². The molecule has 0 unspecified atom stereocenters. The van der Waals surface area contributed by atoms with Crippen molar-refractivity contribution in [3.05, 3.63) is 36.1 Å². The second kappa shape index (κ2) is 5.53. The van der Waals surface area contributed by atoms with Crippen molar-refractivity contribution in [2.45, 2.75) is 17.2 Å². The molecule has 0 aliphatic rings. The Kier molecular flexibility index (Phi) is 3.57. The Morgan fingerprint density at radius 2 is 2.29 bits per heavy atom. The number of hydrogen-bond donors (Lipinski definition) is 2. The molecule has 3 rings (SSSR count). The van der Waals surface area contributed by atoms with E-state index in [1.807, 2.05) is 25.1 Å². The van der Waals surface area contributed by atoms with Crippen LogP contribution in [0.1, 0.15) is 17.5 Å². The lowest BCUT2D eigenvalue weighted by molar-refractivity contribution is 0.0656.